The van der Waals surface area contributed by atoms with Crippen LogP contribution in [0.3, 0.4) is 0 Å². The quantitative estimate of drug-likeness (QED) is 0.773. The Morgan fingerprint density at radius 3 is 2.80 bits per heavy atom. The Hall–Kier alpha value is -1.98. The summed E-state index contributed by atoms with van der Waals surface area (Å²) in [6, 6.07) is 12.0. The van der Waals surface area contributed by atoms with Crippen molar-refractivity contribution in [3.05, 3.63) is 58.9 Å². The van der Waals surface area contributed by atoms with Crippen molar-refractivity contribution >= 4 is 21.6 Å². The number of nitrogens with one attached hydrogen (secondary N) is 1. The predicted octanol–water partition coefficient (Wildman–Crippen LogP) is 3.43. The number of rotatable bonds is 4. The van der Waals surface area contributed by atoms with Crippen molar-refractivity contribution in [2.24, 2.45) is 0 Å². The Morgan fingerprint density at radius 2 is 2.00 bits per heavy atom. The predicted molar refractivity (Wildman–Crippen MR) is 78.2 cm³/mol. The number of hydrogen-bond acceptors (Lipinski definition) is 4. The Labute approximate surface area is 119 Å². The number of halogens is 1. The molecule has 0 aliphatic heterocycles. The van der Waals surface area contributed by atoms with Gasteiger partial charge in [-0.15, -0.1) is 11.3 Å². The number of benzene rings is 2. The van der Waals surface area contributed by atoms with Crippen LogP contribution in [0.25, 0.3) is 10.2 Å². The van der Waals surface area contributed by atoms with Gasteiger partial charge in [-0.3, -0.25) is 0 Å². The first kappa shape index (κ1) is 13.0. The highest BCUT2D eigenvalue weighted by Crippen LogP contribution is 2.21. The summed E-state index contributed by atoms with van der Waals surface area (Å²) in [7, 11) is 0. The molecule has 20 heavy (non-hydrogen) atoms. The first-order valence-corrected chi connectivity index (χ1v) is 7.06. The average molecular weight is 288 g/mol. The first-order chi connectivity index (χ1) is 9.70. The number of aromatic hydroxyl groups is 1. The van der Waals surface area contributed by atoms with E-state index in [1.165, 1.54) is 6.07 Å². The second-order valence-electron chi connectivity index (χ2n) is 4.50. The van der Waals surface area contributed by atoms with Gasteiger partial charge < -0.3 is 10.4 Å². The molecule has 0 amide bonds. The van der Waals surface area contributed by atoms with E-state index in [0.29, 0.717) is 18.7 Å². The molecule has 3 aromatic rings. The average Bonchev–Trinajstić information content (AvgIpc) is 2.80. The van der Waals surface area contributed by atoms with Gasteiger partial charge in [0.15, 0.2) is 0 Å². The van der Waals surface area contributed by atoms with Crippen molar-refractivity contribution in [1.82, 2.24) is 10.3 Å². The van der Waals surface area contributed by atoms with E-state index < -0.39 is 5.82 Å². The SMILES string of the molecule is Oc1cc(F)cc(CNCc2nc3ccccc3s2)c1. The van der Waals surface area contributed by atoms with Crippen LogP contribution in [0.5, 0.6) is 5.75 Å². The number of para-hydroxylation sites is 1. The summed E-state index contributed by atoms with van der Waals surface area (Å²) >= 11 is 1.64. The topological polar surface area (TPSA) is 45.1 Å². The number of phenols is 1. The molecule has 3 rings (SSSR count). The third-order valence-corrected chi connectivity index (χ3v) is 3.92. The number of nitrogens with zero attached hydrogens (tertiary/aromatic N) is 1. The smallest absolute Gasteiger partial charge is 0.127 e. The van der Waals surface area contributed by atoms with Crippen LogP contribution in [0.15, 0.2) is 42.5 Å². The Balaban J connectivity index is 1.64. The fourth-order valence-corrected chi connectivity index (χ4v) is 2.98. The number of phenolic OH excluding ortho intramolecular Hbond substituents is 1. The lowest BCUT2D eigenvalue weighted by Gasteiger charge is -2.04. The fraction of sp³-hybridized carbons (Fsp3) is 0.133. The van der Waals surface area contributed by atoms with E-state index in [-0.39, 0.29) is 5.75 Å². The van der Waals surface area contributed by atoms with Crippen LogP contribution in [0, 0.1) is 5.82 Å². The number of thiazole rings is 1. The van der Waals surface area contributed by atoms with Gasteiger partial charge in [0.05, 0.1) is 10.2 Å². The summed E-state index contributed by atoms with van der Waals surface area (Å²) in [6.45, 7) is 1.11. The zero-order valence-electron chi connectivity index (χ0n) is 10.6. The molecule has 1 aromatic heterocycles. The lowest BCUT2D eigenvalue weighted by atomic mass is 10.2. The Bertz CT molecular complexity index is 688. The van der Waals surface area contributed by atoms with Gasteiger partial charge in [-0.25, -0.2) is 9.37 Å². The largest absolute Gasteiger partial charge is 0.508 e. The molecule has 0 spiro atoms. The Kier molecular flexibility index (Phi) is 3.62. The van der Waals surface area contributed by atoms with Crippen LogP contribution in [0.4, 0.5) is 4.39 Å². The van der Waals surface area contributed by atoms with Crippen molar-refractivity contribution in [3.63, 3.8) is 0 Å². The lowest BCUT2D eigenvalue weighted by molar-refractivity contribution is 0.467. The van der Waals surface area contributed by atoms with E-state index in [4.69, 9.17) is 0 Å². The zero-order chi connectivity index (χ0) is 13.9. The number of fused-ring (bicyclic) bond motifs is 1. The molecule has 0 aliphatic carbocycles. The lowest BCUT2D eigenvalue weighted by Crippen LogP contribution is -2.12. The van der Waals surface area contributed by atoms with Crippen LogP contribution < -0.4 is 5.32 Å². The first-order valence-electron chi connectivity index (χ1n) is 6.24. The third-order valence-electron chi connectivity index (χ3n) is 2.89. The van der Waals surface area contributed by atoms with E-state index in [2.05, 4.69) is 10.3 Å². The monoisotopic (exact) mass is 288 g/mol. The molecular weight excluding hydrogens is 275 g/mol. The number of aromatic nitrogens is 1. The van der Waals surface area contributed by atoms with Gasteiger partial charge >= 0.3 is 0 Å². The minimum Gasteiger partial charge on any atom is -0.508 e. The van der Waals surface area contributed by atoms with Gasteiger partial charge in [0.2, 0.25) is 0 Å². The summed E-state index contributed by atoms with van der Waals surface area (Å²) < 4.78 is 14.3. The molecule has 3 nitrogen and oxygen atoms in total. The van der Waals surface area contributed by atoms with Gasteiger partial charge in [0.25, 0.3) is 0 Å². The molecule has 0 unspecified atom stereocenters. The second kappa shape index (κ2) is 5.56. The van der Waals surface area contributed by atoms with E-state index in [1.807, 2.05) is 24.3 Å². The van der Waals surface area contributed by atoms with E-state index in [1.54, 1.807) is 17.4 Å². The van der Waals surface area contributed by atoms with Gasteiger partial charge in [0.1, 0.15) is 16.6 Å². The molecule has 0 saturated heterocycles. The molecule has 2 aromatic carbocycles. The normalized spacial score (nSPS) is 11.1. The van der Waals surface area contributed by atoms with Crippen molar-refractivity contribution in [3.8, 4) is 5.75 Å². The molecule has 0 atom stereocenters. The standard InChI is InChI=1S/C15H13FN2OS/c16-11-5-10(6-12(19)7-11)8-17-9-15-18-13-3-1-2-4-14(13)20-15/h1-7,17,19H,8-9H2. The molecular formula is C15H13FN2OS. The number of hydrogen-bond donors (Lipinski definition) is 2. The van der Waals surface area contributed by atoms with Crippen molar-refractivity contribution in [1.29, 1.82) is 0 Å². The minimum absolute atomic E-state index is 0.0539. The molecule has 0 aliphatic rings. The van der Waals surface area contributed by atoms with Crippen molar-refractivity contribution < 1.29 is 9.50 Å². The molecule has 2 N–H and O–H groups in total. The van der Waals surface area contributed by atoms with Gasteiger partial charge in [-0.1, -0.05) is 12.1 Å². The van der Waals surface area contributed by atoms with E-state index in [9.17, 15) is 9.50 Å². The zero-order valence-corrected chi connectivity index (χ0v) is 11.5. The van der Waals surface area contributed by atoms with Crippen LogP contribution in [0.2, 0.25) is 0 Å². The van der Waals surface area contributed by atoms with E-state index in [0.717, 1.165) is 21.3 Å². The van der Waals surface area contributed by atoms with Gasteiger partial charge in [0, 0.05) is 19.2 Å². The van der Waals surface area contributed by atoms with Crippen LogP contribution in [-0.2, 0) is 13.1 Å². The van der Waals surface area contributed by atoms with Crippen LogP contribution in [-0.4, -0.2) is 10.1 Å². The maximum atomic E-state index is 13.1. The molecule has 0 fully saturated rings. The van der Waals surface area contributed by atoms with Crippen molar-refractivity contribution in [2.75, 3.05) is 0 Å². The molecule has 5 heteroatoms. The molecule has 102 valence electrons. The summed E-state index contributed by atoms with van der Waals surface area (Å²) in [5, 5.41) is 13.5. The molecule has 0 saturated carbocycles. The third kappa shape index (κ3) is 2.95. The second-order valence-corrected chi connectivity index (χ2v) is 5.61. The fourth-order valence-electron chi connectivity index (χ4n) is 2.04. The highest BCUT2D eigenvalue weighted by atomic mass is 32.1. The molecule has 1 heterocycles. The van der Waals surface area contributed by atoms with Gasteiger partial charge in [-0.2, -0.15) is 0 Å². The van der Waals surface area contributed by atoms with Crippen molar-refractivity contribution in [2.45, 2.75) is 13.1 Å². The highest BCUT2D eigenvalue weighted by molar-refractivity contribution is 7.18. The maximum Gasteiger partial charge on any atom is 0.127 e. The van der Waals surface area contributed by atoms with Gasteiger partial charge in [-0.05, 0) is 29.8 Å². The highest BCUT2D eigenvalue weighted by Gasteiger charge is 2.03. The Morgan fingerprint density at radius 1 is 1.15 bits per heavy atom. The van der Waals surface area contributed by atoms with Crippen LogP contribution in [0.1, 0.15) is 10.6 Å². The molecule has 0 radical (unpaired) electrons. The minimum atomic E-state index is -0.429. The summed E-state index contributed by atoms with van der Waals surface area (Å²) in [5.41, 5.74) is 1.71. The summed E-state index contributed by atoms with van der Waals surface area (Å²) in [5.74, 6) is -0.483. The van der Waals surface area contributed by atoms with E-state index >= 15 is 0 Å². The van der Waals surface area contributed by atoms with Crippen LogP contribution >= 0.6 is 11.3 Å². The summed E-state index contributed by atoms with van der Waals surface area (Å²) in [4.78, 5) is 4.51. The maximum absolute atomic E-state index is 13.1. The summed E-state index contributed by atoms with van der Waals surface area (Å²) in [6.07, 6.45) is 0. The molecule has 0 bridgehead atoms.